The summed E-state index contributed by atoms with van der Waals surface area (Å²) in [6, 6.07) is 7.86. The predicted octanol–water partition coefficient (Wildman–Crippen LogP) is 3.35. The molecule has 0 radical (unpaired) electrons. The summed E-state index contributed by atoms with van der Waals surface area (Å²) in [6.07, 6.45) is 1.39. The standard InChI is InChI=1S/C17H29N3O/c1-13(2)12-20(14(3)4)11-7-10-17(21)19-16-9-6-5-8-15(16)18/h5-6,8-9,13-14H,7,10-12,18H2,1-4H3,(H,19,21). The van der Waals surface area contributed by atoms with Crippen molar-refractivity contribution in [2.75, 3.05) is 24.1 Å². The Morgan fingerprint density at radius 3 is 2.48 bits per heavy atom. The van der Waals surface area contributed by atoms with E-state index in [0.29, 0.717) is 29.8 Å². The van der Waals surface area contributed by atoms with E-state index in [1.807, 2.05) is 18.2 Å². The lowest BCUT2D eigenvalue weighted by Gasteiger charge is -2.28. The maximum Gasteiger partial charge on any atom is 0.224 e. The maximum atomic E-state index is 12.0. The molecule has 0 saturated heterocycles. The van der Waals surface area contributed by atoms with Gasteiger partial charge in [0.25, 0.3) is 0 Å². The van der Waals surface area contributed by atoms with Crippen LogP contribution in [-0.4, -0.2) is 29.9 Å². The minimum absolute atomic E-state index is 0.0288. The summed E-state index contributed by atoms with van der Waals surface area (Å²) in [5.74, 6) is 0.673. The van der Waals surface area contributed by atoms with Gasteiger partial charge >= 0.3 is 0 Å². The van der Waals surface area contributed by atoms with Crippen molar-refractivity contribution >= 4 is 17.3 Å². The third-order valence-corrected chi connectivity index (χ3v) is 3.41. The number of nitrogens with one attached hydrogen (secondary N) is 1. The van der Waals surface area contributed by atoms with Crippen LogP contribution >= 0.6 is 0 Å². The van der Waals surface area contributed by atoms with Crippen LogP contribution in [0.1, 0.15) is 40.5 Å². The Hall–Kier alpha value is -1.55. The van der Waals surface area contributed by atoms with Crippen molar-refractivity contribution in [2.45, 2.75) is 46.6 Å². The van der Waals surface area contributed by atoms with Gasteiger partial charge in [-0.15, -0.1) is 0 Å². The topological polar surface area (TPSA) is 58.4 Å². The van der Waals surface area contributed by atoms with E-state index in [1.54, 1.807) is 6.07 Å². The van der Waals surface area contributed by atoms with Gasteiger partial charge in [-0.05, 0) is 44.9 Å². The van der Waals surface area contributed by atoms with Gasteiger partial charge in [0.1, 0.15) is 0 Å². The van der Waals surface area contributed by atoms with Gasteiger partial charge in [0.05, 0.1) is 11.4 Å². The summed E-state index contributed by atoms with van der Waals surface area (Å²) in [7, 11) is 0. The molecule has 1 rings (SSSR count). The van der Waals surface area contributed by atoms with Gasteiger partial charge in [0.2, 0.25) is 5.91 Å². The van der Waals surface area contributed by atoms with E-state index >= 15 is 0 Å². The first-order valence-corrected chi connectivity index (χ1v) is 7.78. The lowest BCUT2D eigenvalue weighted by Crippen LogP contribution is -2.35. The third-order valence-electron chi connectivity index (χ3n) is 3.41. The van der Waals surface area contributed by atoms with Crippen LogP contribution in [-0.2, 0) is 4.79 Å². The molecule has 0 aliphatic carbocycles. The van der Waals surface area contributed by atoms with Crippen LogP contribution in [0.25, 0.3) is 0 Å². The van der Waals surface area contributed by atoms with Gasteiger partial charge in [0, 0.05) is 19.0 Å². The molecule has 1 aromatic carbocycles. The largest absolute Gasteiger partial charge is 0.397 e. The summed E-state index contributed by atoms with van der Waals surface area (Å²) in [5, 5.41) is 2.87. The second-order valence-electron chi connectivity index (χ2n) is 6.22. The van der Waals surface area contributed by atoms with Crippen LogP contribution in [0.3, 0.4) is 0 Å². The fourth-order valence-electron chi connectivity index (χ4n) is 2.30. The zero-order valence-electron chi connectivity index (χ0n) is 13.7. The van der Waals surface area contributed by atoms with Gasteiger partial charge in [-0.1, -0.05) is 26.0 Å². The highest BCUT2D eigenvalue weighted by molar-refractivity contribution is 5.93. The van der Waals surface area contributed by atoms with E-state index in [4.69, 9.17) is 5.73 Å². The zero-order chi connectivity index (χ0) is 15.8. The second-order valence-corrected chi connectivity index (χ2v) is 6.22. The Kier molecular flexibility index (Phi) is 7.23. The van der Waals surface area contributed by atoms with Crippen LogP contribution in [0.2, 0.25) is 0 Å². The number of benzene rings is 1. The van der Waals surface area contributed by atoms with Gasteiger partial charge in [0.15, 0.2) is 0 Å². The number of nitrogens with zero attached hydrogens (tertiary/aromatic N) is 1. The first kappa shape index (κ1) is 17.5. The normalized spacial score (nSPS) is 11.4. The maximum absolute atomic E-state index is 12.0. The van der Waals surface area contributed by atoms with Gasteiger partial charge in [-0.2, -0.15) is 0 Å². The van der Waals surface area contributed by atoms with E-state index in [0.717, 1.165) is 19.5 Å². The number of anilines is 2. The summed E-state index contributed by atoms with van der Waals surface area (Å²) in [5.41, 5.74) is 7.12. The van der Waals surface area contributed by atoms with Crippen LogP contribution in [0, 0.1) is 5.92 Å². The smallest absolute Gasteiger partial charge is 0.224 e. The van der Waals surface area contributed by atoms with Crippen LogP contribution in [0.5, 0.6) is 0 Å². The molecular formula is C17H29N3O. The average molecular weight is 291 g/mol. The van der Waals surface area contributed by atoms with E-state index in [9.17, 15) is 4.79 Å². The number of rotatable bonds is 8. The summed E-state index contributed by atoms with van der Waals surface area (Å²) in [6.45, 7) is 10.9. The lowest BCUT2D eigenvalue weighted by atomic mass is 10.1. The molecule has 0 aliphatic rings. The van der Waals surface area contributed by atoms with Crippen LogP contribution in [0.4, 0.5) is 11.4 Å². The number of amides is 1. The molecule has 4 heteroatoms. The summed E-state index contributed by atoms with van der Waals surface area (Å²) in [4.78, 5) is 14.4. The average Bonchev–Trinajstić information content (AvgIpc) is 2.39. The minimum atomic E-state index is 0.0288. The van der Waals surface area contributed by atoms with Crippen molar-refractivity contribution < 1.29 is 4.79 Å². The monoisotopic (exact) mass is 291 g/mol. The first-order chi connectivity index (χ1) is 9.90. The van der Waals surface area contributed by atoms with Gasteiger partial charge in [-0.25, -0.2) is 0 Å². The molecule has 0 saturated carbocycles. The van der Waals surface area contributed by atoms with Crippen molar-refractivity contribution in [1.29, 1.82) is 0 Å². The number of carbonyl (C=O) groups excluding carboxylic acids is 1. The van der Waals surface area contributed by atoms with Crippen LogP contribution < -0.4 is 11.1 Å². The van der Waals surface area contributed by atoms with Gasteiger partial charge < -0.3 is 16.0 Å². The van der Waals surface area contributed by atoms with E-state index in [2.05, 4.69) is 37.9 Å². The summed E-state index contributed by atoms with van der Waals surface area (Å²) >= 11 is 0. The fourth-order valence-corrected chi connectivity index (χ4v) is 2.30. The highest BCUT2D eigenvalue weighted by Gasteiger charge is 2.12. The Morgan fingerprint density at radius 2 is 1.90 bits per heavy atom. The number of para-hydroxylation sites is 2. The van der Waals surface area contributed by atoms with Gasteiger partial charge in [-0.3, -0.25) is 4.79 Å². The fraction of sp³-hybridized carbons (Fsp3) is 0.588. The molecule has 0 unspecified atom stereocenters. The Labute approximate surface area is 128 Å². The highest BCUT2D eigenvalue weighted by Crippen LogP contribution is 2.17. The second kappa shape index (κ2) is 8.67. The first-order valence-electron chi connectivity index (χ1n) is 7.78. The quantitative estimate of drug-likeness (QED) is 0.722. The Bertz CT molecular complexity index is 443. The highest BCUT2D eigenvalue weighted by atomic mass is 16.1. The molecule has 118 valence electrons. The van der Waals surface area contributed by atoms with Crippen molar-refractivity contribution in [3.05, 3.63) is 24.3 Å². The molecule has 21 heavy (non-hydrogen) atoms. The summed E-state index contributed by atoms with van der Waals surface area (Å²) < 4.78 is 0. The number of hydrogen-bond donors (Lipinski definition) is 2. The molecule has 0 heterocycles. The Morgan fingerprint density at radius 1 is 1.24 bits per heavy atom. The molecule has 0 spiro atoms. The lowest BCUT2D eigenvalue weighted by molar-refractivity contribution is -0.116. The van der Waals surface area contributed by atoms with E-state index in [1.165, 1.54) is 0 Å². The molecule has 1 amide bonds. The molecule has 0 fully saturated rings. The molecule has 4 nitrogen and oxygen atoms in total. The number of carbonyl (C=O) groups is 1. The molecule has 0 bridgehead atoms. The van der Waals surface area contributed by atoms with Crippen LogP contribution in [0.15, 0.2) is 24.3 Å². The SMILES string of the molecule is CC(C)CN(CCCC(=O)Nc1ccccc1N)C(C)C. The predicted molar refractivity (Wildman–Crippen MR) is 90.3 cm³/mol. The molecule has 3 N–H and O–H groups in total. The van der Waals surface area contributed by atoms with E-state index < -0.39 is 0 Å². The molecular weight excluding hydrogens is 262 g/mol. The molecule has 0 aromatic heterocycles. The van der Waals surface area contributed by atoms with Crippen molar-refractivity contribution in [3.63, 3.8) is 0 Å². The van der Waals surface area contributed by atoms with Crippen molar-refractivity contribution in [3.8, 4) is 0 Å². The zero-order valence-corrected chi connectivity index (χ0v) is 13.7. The van der Waals surface area contributed by atoms with E-state index in [-0.39, 0.29) is 5.91 Å². The Balaban J connectivity index is 2.37. The van der Waals surface area contributed by atoms with Crippen molar-refractivity contribution in [1.82, 2.24) is 4.90 Å². The number of hydrogen-bond acceptors (Lipinski definition) is 3. The number of nitrogen functional groups attached to an aromatic ring is 1. The van der Waals surface area contributed by atoms with Crippen molar-refractivity contribution in [2.24, 2.45) is 5.92 Å². The number of nitrogens with two attached hydrogens (primary N) is 1. The molecule has 0 atom stereocenters. The molecule has 1 aromatic rings. The third kappa shape index (κ3) is 6.63. The minimum Gasteiger partial charge on any atom is -0.397 e. The molecule has 0 aliphatic heterocycles.